The fourth-order valence-electron chi connectivity index (χ4n) is 9.71. The molecule has 0 rings (SSSR count). The second kappa shape index (κ2) is 70.9. The van der Waals surface area contributed by atoms with Gasteiger partial charge in [0.1, 0.15) is 19.3 Å². The number of phosphoric acid groups is 2. The van der Waals surface area contributed by atoms with E-state index in [1.165, 1.54) is 64.2 Å². The third-order valence-corrected chi connectivity index (χ3v) is 17.3. The van der Waals surface area contributed by atoms with Crippen LogP contribution in [0, 0.1) is 0 Å². The third-order valence-electron chi connectivity index (χ3n) is 15.4. The highest BCUT2D eigenvalue weighted by Crippen LogP contribution is 2.45. The van der Waals surface area contributed by atoms with Gasteiger partial charge in [0.25, 0.3) is 0 Å². The first-order chi connectivity index (χ1) is 47.7. The summed E-state index contributed by atoms with van der Waals surface area (Å²) in [5.74, 6) is -2.36. The molecule has 0 amide bonds. The minimum absolute atomic E-state index is 0.0637. The molecular formula is C79H134O17P2. The first kappa shape index (κ1) is 93.5. The van der Waals surface area contributed by atoms with E-state index in [-0.39, 0.29) is 25.7 Å². The van der Waals surface area contributed by atoms with Gasteiger partial charge in [-0.1, -0.05) is 258 Å². The van der Waals surface area contributed by atoms with Gasteiger partial charge in [-0.2, -0.15) is 0 Å². The predicted octanol–water partition coefficient (Wildman–Crippen LogP) is 21.6. The summed E-state index contributed by atoms with van der Waals surface area (Å²) in [4.78, 5) is 72.7. The van der Waals surface area contributed by atoms with Gasteiger partial charge in [0.2, 0.25) is 0 Å². The molecule has 0 spiro atoms. The first-order valence-electron chi connectivity index (χ1n) is 37.8. The number of ether oxygens (including phenoxy) is 4. The van der Waals surface area contributed by atoms with E-state index in [1.807, 2.05) is 18.2 Å². The van der Waals surface area contributed by atoms with Gasteiger partial charge in [-0.25, -0.2) is 9.13 Å². The van der Waals surface area contributed by atoms with Crippen LogP contribution in [-0.4, -0.2) is 96.7 Å². The van der Waals surface area contributed by atoms with Gasteiger partial charge in [-0.05, 0) is 135 Å². The quantitative estimate of drug-likeness (QED) is 0.0169. The number of unbranched alkanes of at least 4 members (excludes halogenated alkanes) is 25. The van der Waals surface area contributed by atoms with E-state index >= 15 is 0 Å². The molecule has 19 heteroatoms. The number of carbonyl (C=O) groups is 4. The molecule has 0 bridgehead atoms. The van der Waals surface area contributed by atoms with Crippen molar-refractivity contribution in [3.05, 3.63) is 122 Å². The van der Waals surface area contributed by atoms with Crippen molar-refractivity contribution in [3.63, 3.8) is 0 Å². The van der Waals surface area contributed by atoms with Crippen LogP contribution in [-0.2, 0) is 65.4 Å². The molecule has 0 heterocycles. The van der Waals surface area contributed by atoms with E-state index in [0.717, 1.165) is 154 Å². The summed E-state index contributed by atoms with van der Waals surface area (Å²) in [5.41, 5.74) is 0. The van der Waals surface area contributed by atoms with E-state index in [0.29, 0.717) is 25.7 Å². The topological polar surface area (TPSA) is 237 Å². The molecule has 0 aromatic rings. The van der Waals surface area contributed by atoms with Crippen molar-refractivity contribution >= 4 is 39.5 Å². The molecular weight excluding hydrogens is 1280 g/mol. The monoisotopic (exact) mass is 1420 g/mol. The average molecular weight is 1420 g/mol. The summed E-state index contributed by atoms with van der Waals surface area (Å²) in [7, 11) is -9.98. The molecule has 17 nitrogen and oxygen atoms in total. The molecule has 0 aromatic heterocycles. The zero-order valence-corrected chi connectivity index (χ0v) is 63.0. The number of aliphatic hydroxyl groups excluding tert-OH is 1. The highest BCUT2D eigenvalue weighted by Gasteiger charge is 2.30. The van der Waals surface area contributed by atoms with Crippen LogP contribution in [0.2, 0.25) is 0 Å². The summed E-state index contributed by atoms with van der Waals surface area (Å²) < 4.78 is 68.3. The number of carbonyl (C=O) groups excluding carboxylic acids is 4. The summed E-state index contributed by atoms with van der Waals surface area (Å²) in [5, 5.41) is 10.6. The molecule has 0 aliphatic rings. The van der Waals surface area contributed by atoms with E-state index in [2.05, 4.69) is 125 Å². The van der Waals surface area contributed by atoms with Crippen molar-refractivity contribution in [2.45, 2.75) is 316 Å². The van der Waals surface area contributed by atoms with Crippen molar-refractivity contribution in [3.8, 4) is 0 Å². The molecule has 0 saturated carbocycles. The van der Waals surface area contributed by atoms with Gasteiger partial charge >= 0.3 is 39.5 Å². The lowest BCUT2D eigenvalue weighted by molar-refractivity contribution is -0.161. The van der Waals surface area contributed by atoms with Crippen LogP contribution in [0.3, 0.4) is 0 Å². The number of aliphatic hydroxyl groups is 1. The van der Waals surface area contributed by atoms with Gasteiger partial charge in [0.15, 0.2) is 12.2 Å². The van der Waals surface area contributed by atoms with Gasteiger partial charge in [-0.3, -0.25) is 37.3 Å². The molecule has 0 fully saturated rings. The van der Waals surface area contributed by atoms with E-state index in [1.54, 1.807) is 6.08 Å². The standard InChI is InChI=1S/C79H134O17P2/c1-5-9-13-17-21-25-29-33-36-40-43-47-51-55-59-63-76(81)89-69-74(95-78(83)65-61-57-53-49-45-39-32-28-24-20-16-12-8-4)71-93-97(85,86)91-67-73(80)68-92-98(87,88)94-72-75(96-79(84)66-62-58-54-50-46-42-38-35-31-27-23-19-15-11-7-3)70-90-77(82)64-60-56-52-48-44-41-37-34-30-26-22-18-14-10-6-2/h9-10,13-14,21-22,25-26,28,32-38,44,48,56,60,73-75,80H,5-8,11-12,15-20,23-24,27,29-31,39-43,45-47,49-55,57-59,61-72H2,1-4H3,(H,85,86)(H,87,88)/b13-9-,14-10-,25-21-,26-22-,32-28-,36-33-,37-34-,38-35-,48-44-,60-56-. The molecule has 0 aliphatic heterocycles. The smallest absolute Gasteiger partial charge is 0.462 e. The number of phosphoric ester groups is 2. The molecule has 562 valence electrons. The lowest BCUT2D eigenvalue weighted by Gasteiger charge is -2.21. The molecule has 0 aliphatic carbocycles. The molecule has 0 aromatic carbocycles. The van der Waals surface area contributed by atoms with Crippen LogP contribution in [0.5, 0.6) is 0 Å². The number of rotatable bonds is 70. The minimum Gasteiger partial charge on any atom is -0.462 e. The largest absolute Gasteiger partial charge is 0.472 e. The second-order valence-corrected chi connectivity index (χ2v) is 27.7. The molecule has 5 atom stereocenters. The van der Waals surface area contributed by atoms with Crippen LogP contribution < -0.4 is 0 Å². The van der Waals surface area contributed by atoms with E-state index < -0.39 is 97.5 Å². The zero-order valence-electron chi connectivity index (χ0n) is 61.2. The highest BCUT2D eigenvalue weighted by molar-refractivity contribution is 7.47. The van der Waals surface area contributed by atoms with Gasteiger partial charge in [0.05, 0.1) is 32.8 Å². The fourth-order valence-corrected chi connectivity index (χ4v) is 11.3. The Labute approximate surface area is 593 Å². The first-order valence-corrected chi connectivity index (χ1v) is 40.8. The van der Waals surface area contributed by atoms with Crippen molar-refractivity contribution in [2.75, 3.05) is 39.6 Å². The third kappa shape index (κ3) is 69.9. The summed E-state index contributed by atoms with van der Waals surface area (Å²) in [6, 6.07) is 0. The maximum atomic E-state index is 13.1. The van der Waals surface area contributed by atoms with Crippen LogP contribution in [0.4, 0.5) is 0 Å². The van der Waals surface area contributed by atoms with Gasteiger partial charge in [0, 0.05) is 19.3 Å². The van der Waals surface area contributed by atoms with Gasteiger partial charge < -0.3 is 33.8 Å². The van der Waals surface area contributed by atoms with E-state index in [9.17, 15) is 43.2 Å². The molecule has 0 saturated heterocycles. The lowest BCUT2D eigenvalue weighted by atomic mass is 10.1. The Hall–Kier alpha value is -4.54. The Morgan fingerprint density at radius 2 is 0.571 bits per heavy atom. The van der Waals surface area contributed by atoms with Crippen molar-refractivity contribution in [1.82, 2.24) is 0 Å². The SMILES string of the molecule is CC/C=C\C/C=C\C/C=C\C/C=C\C/C=C\CC(=O)OCC(COP(=O)(O)OCC(O)COP(=O)(O)OCC(COC(=O)CCCCCCC/C=C\C/C=C\C/C=C\CC)OC(=O)CCCCCCC/C=C\CCCCCC)OC(=O)CCCCCCC/C=C\CCCCCCCC. The summed E-state index contributed by atoms with van der Waals surface area (Å²) in [6.45, 7) is 4.47. The number of allylic oxidation sites excluding steroid dienone is 19. The Morgan fingerprint density at radius 1 is 0.306 bits per heavy atom. The molecule has 98 heavy (non-hydrogen) atoms. The van der Waals surface area contributed by atoms with Crippen molar-refractivity contribution in [1.29, 1.82) is 0 Å². The highest BCUT2D eigenvalue weighted by atomic mass is 31.2. The minimum atomic E-state index is -5.00. The predicted molar refractivity (Wildman–Crippen MR) is 399 cm³/mol. The Kier molecular flexibility index (Phi) is 67.6. The van der Waals surface area contributed by atoms with Crippen LogP contribution in [0.15, 0.2) is 122 Å². The molecule has 3 N–H and O–H groups in total. The van der Waals surface area contributed by atoms with Crippen LogP contribution >= 0.6 is 15.6 Å². The van der Waals surface area contributed by atoms with Crippen LogP contribution in [0.1, 0.15) is 297 Å². The zero-order chi connectivity index (χ0) is 71.8. The average Bonchev–Trinajstić information content (AvgIpc) is 1.04. The normalized spacial score (nSPS) is 14.6. The maximum absolute atomic E-state index is 13.1. The number of hydrogen-bond donors (Lipinski definition) is 3. The Morgan fingerprint density at radius 3 is 0.929 bits per heavy atom. The van der Waals surface area contributed by atoms with Gasteiger partial charge in [-0.15, -0.1) is 0 Å². The Bertz CT molecular complexity index is 2340. The molecule has 0 radical (unpaired) electrons. The lowest BCUT2D eigenvalue weighted by Crippen LogP contribution is -2.30. The maximum Gasteiger partial charge on any atom is 0.472 e. The van der Waals surface area contributed by atoms with Crippen molar-refractivity contribution < 1.29 is 80.2 Å². The van der Waals surface area contributed by atoms with Crippen molar-refractivity contribution in [2.24, 2.45) is 0 Å². The molecule has 5 unspecified atom stereocenters. The fraction of sp³-hybridized carbons (Fsp3) is 0.696. The Balaban J connectivity index is 5.43. The summed E-state index contributed by atoms with van der Waals surface area (Å²) in [6.07, 6.45) is 76.5. The number of hydrogen-bond acceptors (Lipinski definition) is 15. The van der Waals surface area contributed by atoms with Crippen LogP contribution in [0.25, 0.3) is 0 Å². The summed E-state index contributed by atoms with van der Waals surface area (Å²) >= 11 is 0. The second-order valence-electron chi connectivity index (χ2n) is 24.8. The number of esters is 4. The van der Waals surface area contributed by atoms with E-state index in [4.69, 9.17) is 37.0 Å².